The number of benzene rings is 1. The monoisotopic (exact) mass is 246 g/mol. The molecule has 2 rings (SSSR count). The van der Waals surface area contributed by atoms with Crippen LogP contribution in [0.15, 0.2) is 35.1 Å². The Balaban J connectivity index is 2.42. The first kappa shape index (κ1) is 11.9. The highest BCUT2D eigenvalue weighted by molar-refractivity contribution is 7.79. The fourth-order valence-corrected chi connectivity index (χ4v) is 1.86. The molecule has 4 heteroatoms. The second-order valence-corrected chi connectivity index (χ2v) is 4.13. The minimum absolute atomic E-state index is 0.172. The van der Waals surface area contributed by atoms with Crippen LogP contribution in [0.1, 0.15) is 18.1 Å². The van der Waals surface area contributed by atoms with Crippen LogP contribution in [0.4, 0.5) is 0 Å². The van der Waals surface area contributed by atoms with E-state index in [1.807, 2.05) is 12.1 Å². The van der Waals surface area contributed by atoms with Crippen LogP contribution in [0.25, 0.3) is 11.3 Å². The lowest BCUT2D eigenvalue weighted by atomic mass is 10.1. The predicted molar refractivity (Wildman–Crippen MR) is 72.4 cm³/mol. The Morgan fingerprint density at radius 2 is 2.00 bits per heavy atom. The van der Waals surface area contributed by atoms with Crippen molar-refractivity contribution in [3.63, 3.8) is 0 Å². The maximum Gasteiger partial charge on any atom is 0.268 e. The maximum atomic E-state index is 11.4. The lowest BCUT2D eigenvalue weighted by Gasteiger charge is -2.03. The van der Waals surface area contributed by atoms with Gasteiger partial charge in [-0.15, -0.1) is 0 Å². The molecule has 17 heavy (non-hydrogen) atoms. The van der Waals surface area contributed by atoms with E-state index in [0.717, 1.165) is 17.7 Å². The molecule has 3 nitrogen and oxygen atoms in total. The number of aryl methyl sites for hydroxylation is 1. The number of aromatic amines is 1. The molecule has 1 N–H and O–H groups in total. The summed E-state index contributed by atoms with van der Waals surface area (Å²) in [5.41, 5.74) is 3.53. The molecule has 2 aromatic rings. The summed E-state index contributed by atoms with van der Waals surface area (Å²) in [6.45, 7) is 2.12. The summed E-state index contributed by atoms with van der Waals surface area (Å²) in [4.78, 5) is 11.4. The molecule has 1 aromatic carbocycles. The lowest BCUT2D eigenvalue weighted by Crippen LogP contribution is -2.13. The summed E-state index contributed by atoms with van der Waals surface area (Å²) in [7, 11) is 0. The number of hydrogen-bond acceptors (Lipinski definition) is 3. The molecule has 0 aliphatic rings. The van der Waals surface area contributed by atoms with Crippen molar-refractivity contribution in [3.05, 3.63) is 51.8 Å². The Hall–Kier alpha value is -1.55. The van der Waals surface area contributed by atoms with Gasteiger partial charge in [-0.3, -0.25) is 4.79 Å². The second-order valence-electron chi connectivity index (χ2n) is 3.82. The van der Waals surface area contributed by atoms with Gasteiger partial charge in [0.15, 0.2) is 0 Å². The van der Waals surface area contributed by atoms with Crippen molar-refractivity contribution >= 4 is 12.6 Å². The third kappa shape index (κ3) is 2.58. The Bertz CT molecular complexity index is 560. The number of aromatic nitrogens is 2. The molecule has 0 saturated heterocycles. The fraction of sp³-hybridized carbons (Fsp3) is 0.231. The van der Waals surface area contributed by atoms with Gasteiger partial charge in [0.2, 0.25) is 0 Å². The van der Waals surface area contributed by atoms with Crippen molar-refractivity contribution in [2.75, 3.05) is 0 Å². The van der Waals surface area contributed by atoms with E-state index in [4.69, 9.17) is 0 Å². The summed E-state index contributed by atoms with van der Waals surface area (Å²) < 4.78 is 0. The number of rotatable bonds is 3. The van der Waals surface area contributed by atoms with Crippen LogP contribution in [-0.4, -0.2) is 10.2 Å². The highest BCUT2D eigenvalue weighted by Crippen LogP contribution is 2.17. The molecule has 0 spiro atoms. The van der Waals surface area contributed by atoms with E-state index in [-0.39, 0.29) is 5.56 Å². The van der Waals surface area contributed by atoms with Crippen LogP contribution in [-0.2, 0) is 12.2 Å². The van der Waals surface area contributed by atoms with Crippen LogP contribution in [0.5, 0.6) is 0 Å². The average molecular weight is 246 g/mol. The third-order valence-corrected chi connectivity index (χ3v) is 3.05. The second kappa shape index (κ2) is 5.19. The van der Waals surface area contributed by atoms with Gasteiger partial charge < -0.3 is 0 Å². The van der Waals surface area contributed by atoms with Crippen LogP contribution < -0.4 is 5.56 Å². The van der Waals surface area contributed by atoms with Gasteiger partial charge in [0, 0.05) is 16.9 Å². The lowest BCUT2D eigenvalue weighted by molar-refractivity contribution is 0.972. The van der Waals surface area contributed by atoms with Crippen molar-refractivity contribution in [3.8, 4) is 11.3 Å². The minimum atomic E-state index is -0.172. The number of nitrogens with one attached hydrogen (secondary N) is 1. The summed E-state index contributed by atoms with van der Waals surface area (Å²) >= 11 is 4.12. The Morgan fingerprint density at radius 3 is 2.59 bits per heavy atom. The molecule has 0 aliphatic heterocycles. The zero-order valence-corrected chi connectivity index (χ0v) is 10.5. The first-order chi connectivity index (χ1) is 8.24. The van der Waals surface area contributed by atoms with Crippen molar-refractivity contribution < 1.29 is 0 Å². The summed E-state index contributed by atoms with van der Waals surface area (Å²) in [5.74, 6) is 0.415. The molecule has 88 valence electrons. The van der Waals surface area contributed by atoms with Crippen LogP contribution in [0.3, 0.4) is 0 Å². The van der Waals surface area contributed by atoms with Crippen LogP contribution >= 0.6 is 12.6 Å². The number of thiol groups is 1. The van der Waals surface area contributed by atoms with Gasteiger partial charge in [-0.2, -0.15) is 17.7 Å². The fourth-order valence-electron chi connectivity index (χ4n) is 1.62. The highest BCUT2D eigenvalue weighted by Gasteiger charge is 2.03. The number of nitrogens with zero attached hydrogens (tertiary/aromatic N) is 1. The quantitative estimate of drug-likeness (QED) is 0.817. The molecule has 0 atom stereocenters. The van der Waals surface area contributed by atoms with Gasteiger partial charge in [-0.25, -0.2) is 5.10 Å². The predicted octanol–water partition coefficient (Wildman–Crippen LogP) is 2.43. The first-order valence-electron chi connectivity index (χ1n) is 5.53. The van der Waals surface area contributed by atoms with Crippen LogP contribution in [0.2, 0.25) is 0 Å². The first-order valence-corrected chi connectivity index (χ1v) is 6.16. The topological polar surface area (TPSA) is 45.8 Å². The molecule has 0 bridgehead atoms. The standard InChI is InChI=1S/C13H14N2OS/c1-2-9-3-5-10(6-4-9)12-7-11(8-17)13(16)15-14-12/h3-7,17H,2,8H2,1H3,(H,15,16). The number of H-pyrrole nitrogens is 1. The van der Waals surface area contributed by atoms with Crippen molar-refractivity contribution in [2.45, 2.75) is 19.1 Å². The molecule has 0 fully saturated rings. The van der Waals surface area contributed by atoms with Gasteiger partial charge >= 0.3 is 0 Å². The minimum Gasteiger partial charge on any atom is -0.268 e. The molecule has 1 aromatic heterocycles. The highest BCUT2D eigenvalue weighted by atomic mass is 32.1. The van der Waals surface area contributed by atoms with Gasteiger partial charge in [0.05, 0.1) is 5.69 Å². The van der Waals surface area contributed by atoms with E-state index in [2.05, 4.69) is 41.9 Å². The van der Waals surface area contributed by atoms with E-state index in [9.17, 15) is 4.79 Å². The van der Waals surface area contributed by atoms with E-state index in [1.165, 1.54) is 5.56 Å². The van der Waals surface area contributed by atoms with Gasteiger partial charge in [-0.1, -0.05) is 31.2 Å². The zero-order valence-electron chi connectivity index (χ0n) is 9.60. The summed E-state index contributed by atoms with van der Waals surface area (Å²) in [6, 6.07) is 9.96. The maximum absolute atomic E-state index is 11.4. The SMILES string of the molecule is CCc1ccc(-c2cc(CS)c(=O)[nH]n2)cc1. The molecular weight excluding hydrogens is 232 g/mol. The molecule has 0 amide bonds. The Labute approximate surface area is 105 Å². The molecular formula is C13H14N2OS. The van der Waals surface area contributed by atoms with Crippen molar-refractivity contribution in [1.82, 2.24) is 10.2 Å². The molecule has 0 radical (unpaired) electrons. The largest absolute Gasteiger partial charge is 0.268 e. The van der Waals surface area contributed by atoms with Crippen molar-refractivity contribution in [2.24, 2.45) is 0 Å². The smallest absolute Gasteiger partial charge is 0.268 e. The zero-order chi connectivity index (χ0) is 12.3. The average Bonchev–Trinajstić information content (AvgIpc) is 2.39. The van der Waals surface area contributed by atoms with Gasteiger partial charge in [0.1, 0.15) is 0 Å². The third-order valence-electron chi connectivity index (χ3n) is 2.71. The van der Waals surface area contributed by atoms with Gasteiger partial charge in [0.25, 0.3) is 5.56 Å². The molecule has 0 saturated carbocycles. The van der Waals surface area contributed by atoms with Gasteiger partial charge in [-0.05, 0) is 18.1 Å². The van der Waals surface area contributed by atoms with E-state index < -0.39 is 0 Å². The number of hydrogen-bond donors (Lipinski definition) is 2. The molecule has 0 aliphatic carbocycles. The summed E-state index contributed by atoms with van der Waals surface area (Å²) in [5, 5.41) is 6.53. The summed E-state index contributed by atoms with van der Waals surface area (Å²) in [6.07, 6.45) is 1.02. The van der Waals surface area contributed by atoms with Crippen molar-refractivity contribution in [1.29, 1.82) is 0 Å². The van der Waals surface area contributed by atoms with E-state index in [0.29, 0.717) is 11.3 Å². The van der Waals surface area contributed by atoms with E-state index in [1.54, 1.807) is 6.07 Å². The normalized spacial score (nSPS) is 10.5. The molecule has 0 unspecified atom stereocenters. The van der Waals surface area contributed by atoms with Crippen LogP contribution in [0, 0.1) is 0 Å². The Morgan fingerprint density at radius 1 is 1.29 bits per heavy atom. The van der Waals surface area contributed by atoms with E-state index >= 15 is 0 Å². The Kier molecular flexibility index (Phi) is 3.64. The molecule has 1 heterocycles.